The summed E-state index contributed by atoms with van der Waals surface area (Å²) in [5.41, 5.74) is 8.33. The van der Waals surface area contributed by atoms with Crippen LogP contribution < -0.4 is 5.73 Å². The van der Waals surface area contributed by atoms with Crippen LogP contribution in [0.2, 0.25) is 0 Å². The molecule has 0 saturated carbocycles. The molecule has 90 valence electrons. The van der Waals surface area contributed by atoms with Crippen molar-refractivity contribution in [1.82, 2.24) is 4.98 Å². The number of aromatic nitrogens is 1. The van der Waals surface area contributed by atoms with Gasteiger partial charge in [-0.1, -0.05) is 15.9 Å². The van der Waals surface area contributed by atoms with E-state index in [1.165, 1.54) is 0 Å². The van der Waals surface area contributed by atoms with Crippen molar-refractivity contribution in [2.24, 2.45) is 5.73 Å². The molecular formula is C14H11BrN2O. The summed E-state index contributed by atoms with van der Waals surface area (Å²) in [6.07, 6.45) is 1.75. The number of hydrogen-bond acceptors (Lipinski definition) is 3. The van der Waals surface area contributed by atoms with E-state index >= 15 is 0 Å². The minimum absolute atomic E-state index is 0.501. The van der Waals surface area contributed by atoms with Crippen LogP contribution in [0.3, 0.4) is 0 Å². The van der Waals surface area contributed by atoms with Crippen LogP contribution in [0.4, 0.5) is 0 Å². The van der Waals surface area contributed by atoms with Gasteiger partial charge in [-0.15, -0.1) is 0 Å². The van der Waals surface area contributed by atoms with Crippen LogP contribution in [0.1, 0.15) is 5.56 Å². The second kappa shape index (κ2) is 4.55. The minimum Gasteiger partial charge on any atom is -0.454 e. The molecule has 2 N–H and O–H groups in total. The zero-order chi connectivity index (χ0) is 12.5. The van der Waals surface area contributed by atoms with Crippen LogP contribution in [0.5, 0.6) is 0 Å². The van der Waals surface area contributed by atoms with E-state index < -0.39 is 0 Å². The Bertz CT molecular complexity index is 706. The topological polar surface area (TPSA) is 52.0 Å². The fourth-order valence-electron chi connectivity index (χ4n) is 1.87. The third kappa shape index (κ3) is 2.05. The van der Waals surface area contributed by atoms with E-state index in [0.717, 1.165) is 32.5 Å². The Balaban J connectivity index is 2.13. The Labute approximate surface area is 113 Å². The van der Waals surface area contributed by atoms with Crippen LogP contribution in [0.25, 0.3) is 22.4 Å². The maximum absolute atomic E-state index is 5.80. The van der Waals surface area contributed by atoms with Crippen LogP contribution in [-0.2, 0) is 6.54 Å². The molecule has 0 aliphatic rings. The Kier molecular flexibility index (Phi) is 2.89. The fourth-order valence-corrected chi connectivity index (χ4v) is 2.21. The zero-order valence-electron chi connectivity index (χ0n) is 9.56. The lowest BCUT2D eigenvalue weighted by Crippen LogP contribution is -1.96. The van der Waals surface area contributed by atoms with Gasteiger partial charge in [0.05, 0.1) is 0 Å². The van der Waals surface area contributed by atoms with Crippen molar-refractivity contribution >= 4 is 26.9 Å². The molecule has 0 bridgehead atoms. The molecule has 0 radical (unpaired) electrons. The molecule has 18 heavy (non-hydrogen) atoms. The van der Waals surface area contributed by atoms with Crippen LogP contribution >= 0.6 is 15.9 Å². The van der Waals surface area contributed by atoms with Gasteiger partial charge in [0.2, 0.25) is 0 Å². The van der Waals surface area contributed by atoms with Gasteiger partial charge in [-0.25, -0.2) is 0 Å². The van der Waals surface area contributed by atoms with E-state index in [2.05, 4.69) is 20.9 Å². The lowest BCUT2D eigenvalue weighted by molar-refractivity contribution is 0.628. The highest BCUT2D eigenvalue weighted by atomic mass is 79.9. The molecule has 4 heteroatoms. The molecule has 0 spiro atoms. The van der Waals surface area contributed by atoms with Gasteiger partial charge in [-0.05, 0) is 42.0 Å². The Morgan fingerprint density at radius 2 is 2.06 bits per heavy atom. The highest BCUT2D eigenvalue weighted by Crippen LogP contribution is 2.28. The van der Waals surface area contributed by atoms with Crippen molar-refractivity contribution < 1.29 is 4.42 Å². The Morgan fingerprint density at radius 3 is 2.89 bits per heavy atom. The maximum Gasteiger partial charge on any atom is 0.153 e. The van der Waals surface area contributed by atoms with E-state index in [-0.39, 0.29) is 0 Å². The van der Waals surface area contributed by atoms with E-state index in [9.17, 15) is 0 Å². The molecule has 0 atom stereocenters. The third-order valence-electron chi connectivity index (χ3n) is 2.79. The number of hydrogen-bond donors (Lipinski definition) is 1. The van der Waals surface area contributed by atoms with Gasteiger partial charge in [0.15, 0.2) is 5.76 Å². The highest BCUT2D eigenvalue weighted by molar-refractivity contribution is 9.10. The van der Waals surface area contributed by atoms with Gasteiger partial charge in [0, 0.05) is 22.6 Å². The summed E-state index contributed by atoms with van der Waals surface area (Å²) in [6, 6.07) is 11.8. The van der Waals surface area contributed by atoms with Crippen molar-refractivity contribution in [3.05, 3.63) is 52.6 Å². The van der Waals surface area contributed by atoms with Gasteiger partial charge >= 0.3 is 0 Å². The van der Waals surface area contributed by atoms with E-state index in [1.54, 1.807) is 6.20 Å². The number of halogens is 1. The predicted octanol–water partition coefficient (Wildman–Crippen LogP) is 3.72. The number of benzene rings is 1. The fraction of sp³-hybridized carbons (Fsp3) is 0.0714. The van der Waals surface area contributed by atoms with Crippen molar-refractivity contribution in [3.63, 3.8) is 0 Å². The van der Waals surface area contributed by atoms with Crippen molar-refractivity contribution in [2.75, 3.05) is 0 Å². The summed E-state index contributed by atoms with van der Waals surface area (Å²) in [7, 11) is 0. The van der Waals surface area contributed by atoms with Gasteiger partial charge in [-0.2, -0.15) is 0 Å². The third-order valence-corrected chi connectivity index (χ3v) is 3.29. The van der Waals surface area contributed by atoms with E-state index in [0.29, 0.717) is 6.54 Å². The molecule has 0 fully saturated rings. The first-order valence-corrected chi connectivity index (χ1v) is 6.40. The molecule has 0 aliphatic carbocycles. The normalized spacial score (nSPS) is 11.0. The average Bonchev–Trinajstić information content (AvgIpc) is 2.81. The molecule has 2 aromatic heterocycles. The largest absolute Gasteiger partial charge is 0.454 e. The number of nitrogens with zero attached hydrogens (tertiary/aromatic N) is 1. The molecule has 0 amide bonds. The maximum atomic E-state index is 5.80. The molecule has 2 heterocycles. The van der Waals surface area contributed by atoms with Crippen LogP contribution in [-0.4, -0.2) is 4.98 Å². The molecule has 0 aliphatic heterocycles. The number of furan rings is 1. The molecule has 3 aromatic rings. The lowest BCUT2D eigenvalue weighted by atomic mass is 10.2. The zero-order valence-corrected chi connectivity index (χ0v) is 11.1. The van der Waals surface area contributed by atoms with Gasteiger partial charge in [0.25, 0.3) is 0 Å². The SMILES string of the molecule is NCc1ccnc(-c2cc3ccc(Br)cc3o2)c1. The number of rotatable bonds is 2. The van der Waals surface area contributed by atoms with E-state index in [4.69, 9.17) is 10.2 Å². The standard InChI is InChI=1S/C14H11BrN2O/c15-11-2-1-10-6-14(18-13(10)7-11)12-5-9(8-16)3-4-17-12/h1-7H,8,16H2. The molecule has 3 rings (SSSR count). The van der Waals surface area contributed by atoms with Gasteiger partial charge < -0.3 is 10.2 Å². The van der Waals surface area contributed by atoms with Crippen molar-refractivity contribution in [1.29, 1.82) is 0 Å². The summed E-state index contributed by atoms with van der Waals surface area (Å²) in [5.74, 6) is 0.762. The highest BCUT2D eigenvalue weighted by Gasteiger charge is 2.08. The average molecular weight is 303 g/mol. The van der Waals surface area contributed by atoms with Gasteiger partial charge in [-0.3, -0.25) is 4.98 Å². The molecule has 3 nitrogen and oxygen atoms in total. The second-order valence-electron chi connectivity index (χ2n) is 4.05. The number of fused-ring (bicyclic) bond motifs is 1. The summed E-state index contributed by atoms with van der Waals surface area (Å²) < 4.78 is 6.80. The number of pyridine rings is 1. The second-order valence-corrected chi connectivity index (χ2v) is 4.96. The summed E-state index contributed by atoms with van der Waals surface area (Å²) in [5, 5.41) is 1.06. The molecule has 0 unspecified atom stereocenters. The predicted molar refractivity (Wildman–Crippen MR) is 75.0 cm³/mol. The molecule has 0 saturated heterocycles. The first kappa shape index (κ1) is 11.4. The van der Waals surface area contributed by atoms with Crippen LogP contribution in [0, 0.1) is 0 Å². The first-order valence-electron chi connectivity index (χ1n) is 5.61. The minimum atomic E-state index is 0.501. The van der Waals surface area contributed by atoms with E-state index in [1.807, 2.05) is 36.4 Å². The number of nitrogens with two attached hydrogens (primary N) is 1. The lowest BCUT2D eigenvalue weighted by Gasteiger charge is -1.98. The monoisotopic (exact) mass is 302 g/mol. The Hall–Kier alpha value is -1.65. The molecular weight excluding hydrogens is 292 g/mol. The van der Waals surface area contributed by atoms with Crippen LogP contribution in [0.15, 0.2) is 51.5 Å². The van der Waals surface area contributed by atoms with Crippen molar-refractivity contribution in [2.45, 2.75) is 6.54 Å². The summed E-state index contributed by atoms with van der Waals surface area (Å²) in [4.78, 5) is 4.31. The van der Waals surface area contributed by atoms with Crippen molar-refractivity contribution in [3.8, 4) is 11.5 Å². The summed E-state index contributed by atoms with van der Waals surface area (Å²) >= 11 is 3.43. The Morgan fingerprint density at radius 1 is 1.17 bits per heavy atom. The van der Waals surface area contributed by atoms with Gasteiger partial charge in [0.1, 0.15) is 11.3 Å². The summed E-state index contributed by atoms with van der Waals surface area (Å²) in [6.45, 7) is 0.501. The molecule has 1 aromatic carbocycles. The first-order chi connectivity index (χ1) is 8.76. The quantitative estimate of drug-likeness (QED) is 0.785. The smallest absolute Gasteiger partial charge is 0.153 e.